The molecule has 4 atom stereocenters. The number of carbonyl (C=O) groups is 1. The molecule has 1 saturated heterocycles. The minimum Gasteiger partial charge on any atom is -0.493 e. The van der Waals surface area contributed by atoms with Crippen LogP contribution in [0.15, 0.2) is 60.1 Å². The Morgan fingerprint density at radius 2 is 1.91 bits per heavy atom. The van der Waals surface area contributed by atoms with Crippen molar-refractivity contribution >= 4 is 5.97 Å². The van der Waals surface area contributed by atoms with E-state index in [2.05, 4.69) is 56.3 Å². The number of fused-ring (bicyclic) bond motifs is 3. The van der Waals surface area contributed by atoms with Crippen molar-refractivity contribution in [3.8, 4) is 16.9 Å². The van der Waals surface area contributed by atoms with E-state index in [0.29, 0.717) is 26.4 Å². The van der Waals surface area contributed by atoms with Crippen molar-refractivity contribution in [2.24, 2.45) is 17.8 Å². The number of aryl methyl sites for hydroxylation is 2. The largest absolute Gasteiger partial charge is 0.493 e. The van der Waals surface area contributed by atoms with E-state index in [1.54, 1.807) is 0 Å². The number of hydrogen-bond acceptors (Lipinski definition) is 5. The van der Waals surface area contributed by atoms with E-state index in [-0.39, 0.29) is 23.9 Å². The van der Waals surface area contributed by atoms with Gasteiger partial charge in [-0.2, -0.15) is 0 Å². The minimum absolute atomic E-state index is 0.112. The van der Waals surface area contributed by atoms with Gasteiger partial charge in [-0.25, -0.2) is 0 Å². The average Bonchev–Trinajstić information content (AvgIpc) is 3.43. The molecule has 0 aromatic heterocycles. The van der Waals surface area contributed by atoms with E-state index < -0.39 is 5.97 Å². The van der Waals surface area contributed by atoms with E-state index >= 15 is 0 Å². The zero-order valence-corrected chi connectivity index (χ0v) is 20.5. The predicted octanol–water partition coefficient (Wildman–Crippen LogP) is 5.42. The van der Waals surface area contributed by atoms with Crippen LogP contribution in [-0.2, 0) is 25.6 Å². The highest BCUT2D eigenvalue weighted by Crippen LogP contribution is 2.59. The second kappa shape index (κ2) is 9.78. The maximum atomic E-state index is 11.3. The van der Waals surface area contributed by atoms with Crippen LogP contribution in [0.4, 0.5) is 0 Å². The van der Waals surface area contributed by atoms with E-state index in [1.807, 2.05) is 13.0 Å². The molecule has 6 nitrogen and oxygen atoms in total. The summed E-state index contributed by atoms with van der Waals surface area (Å²) in [4.78, 5) is 11.3. The van der Waals surface area contributed by atoms with Crippen LogP contribution >= 0.6 is 0 Å². The monoisotopic (exact) mass is 476 g/mol. The Balaban J connectivity index is 1.22. The Hall–Kier alpha value is -3.25. The van der Waals surface area contributed by atoms with Crippen molar-refractivity contribution in [2.45, 2.75) is 39.9 Å². The predicted molar refractivity (Wildman–Crippen MR) is 132 cm³/mol. The van der Waals surface area contributed by atoms with Crippen molar-refractivity contribution in [3.05, 3.63) is 76.8 Å². The summed E-state index contributed by atoms with van der Waals surface area (Å²) in [6.07, 6.45) is 4.59. The van der Waals surface area contributed by atoms with Crippen LogP contribution in [0.3, 0.4) is 0 Å². The van der Waals surface area contributed by atoms with E-state index in [4.69, 9.17) is 18.9 Å². The van der Waals surface area contributed by atoms with Crippen LogP contribution in [0.5, 0.6) is 5.75 Å². The molecule has 2 aromatic rings. The second-order valence-electron chi connectivity index (χ2n) is 9.49. The molecule has 0 radical (unpaired) electrons. The van der Waals surface area contributed by atoms with Crippen molar-refractivity contribution in [2.75, 3.05) is 19.8 Å². The first-order valence-corrected chi connectivity index (χ1v) is 12.3. The van der Waals surface area contributed by atoms with Crippen LogP contribution in [0.25, 0.3) is 11.1 Å². The molecule has 1 heterocycles. The van der Waals surface area contributed by atoms with Gasteiger partial charge >= 0.3 is 5.97 Å². The van der Waals surface area contributed by atoms with Crippen LogP contribution in [0.2, 0.25) is 0 Å². The standard InChI is InChI=1S/C29H32O6/c1-4-32-10-11-33-22-12-17(2)25(18(3)13-22)20-7-5-6-19(14-20)16-34-21-8-9-23-24(15-21)35-28-26(23)27(28)29(30)31/h5-8,12-15,23,26-28H,4,9-11,16H2,1-3H3,(H,30,31)/t23?,26-,27-,28-/m1/s1. The molecule has 5 rings (SSSR count). The van der Waals surface area contributed by atoms with Gasteiger partial charge in [0.25, 0.3) is 0 Å². The van der Waals surface area contributed by atoms with Crippen molar-refractivity contribution < 1.29 is 28.8 Å². The molecule has 1 aliphatic heterocycles. The Morgan fingerprint density at radius 1 is 1.11 bits per heavy atom. The quantitative estimate of drug-likeness (QED) is 0.462. The zero-order valence-electron chi connectivity index (χ0n) is 20.5. The lowest BCUT2D eigenvalue weighted by Gasteiger charge is -2.20. The maximum Gasteiger partial charge on any atom is 0.310 e. The summed E-state index contributed by atoms with van der Waals surface area (Å²) in [6.45, 7) is 8.47. The van der Waals surface area contributed by atoms with Crippen LogP contribution in [0, 0.1) is 31.6 Å². The lowest BCUT2D eigenvalue weighted by molar-refractivity contribution is -0.140. The number of benzene rings is 2. The molecule has 0 amide bonds. The molecular formula is C29H32O6. The first kappa shape index (κ1) is 23.5. The fraction of sp³-hybridized carbons (Fsp3) is 0.414. The molecule has 1 saturated carbocycles. The number of carboxylic acids is 1. The van der Waals surface area contributed by atoms with Gasteiger partial charge in [-0.15, -0.1) is 0 Å². The van der Waals surface area contributed by atoms with Gasteiger partial charge in [-0.1, -0.05) is 18.2 Å². The first-order valence-electron chi connectivity index (χ1n) is 12.3. The fourth-order valence-corrected chi connectivity index (χ4v) is 5.44. The molecule has 3 aliphatic rings. The molecule has 6 heteroatoms. The van der Waals surface area contributed by atoms with E-state index in [1.165, 1.54) is 5.56 Å². The molecule has 0 bridgehead atoms. The summed E-state index contributed by atoms with van der Waals surface area (Å²) in [6, 6.07) is 12.6. The second-order valence-corrected chi connectivity index (χ2v) is 9.49. The van der Waals surface area contributed by atoms with Crippen molar-refractivity contribution in [3.63, 3.8) is 0 Å². The maximum absolute atomic E-state index is 11.3. The van der Waals surface area contributed by atoms with E-state index in [9.17, 15) is 9.90 Å². The summed E-state index contributed by atoms with van der Waals surface area (Å²) < 4.78 is 23.2. The van der Waals surface area contributed by atoms with Crippen molar-refractivity contribution in [1.82, 2.24) is 0 Å². The Kier molecular flexibility index (Phi) is 6.56. The third-order valence-electron chi connectivity index (χ3n) is 7.08. The molecule has 1 N–H and O–H groups in total. The summed E-state index contributed by atoms with van der Waals surface area (Å²) in [5.41, 5.74) is 5.77. The van der Waals surface area contributed by atoms with E-state index in [0.717, 1.165) is 45.9 Å². The molecule has 0 spiro atoms. The Labute approximate surface area is 206 Å². The van der Waals surface area contributed by atoms with Crippen molar-refractivity contribution in [1.29, 1.82) is 0 Å². The topological polar surface area (TPSA) is 74.2 Å². The van der Waals surface area contributed by atoms with Gasteiger partial charge in [0.2, 0.25) is 0 Å². The highest BCUT2D eigenvalue weighted by atomic mass is 16.5. The number of aliphatic carboxylic acids is 1. The minimum atomic E-state index is -0.751. The summed E-state index contributed by atoms with van der Waals surface area (Å²) in [5, 5.41) is 9.27. The third-order valence-corrected chi connectivity index (χ3v) is 7.08. The number of rotatable bonds is 10. The Bertz CT molecular complexity index is 1160. The van der Waals surface area contributed by atoms with Gasteiger partial charge < -0.3 is 24.1 Å². The molecule has 184 valence electrons. The molecular weight excluding hydrogens is 444 g/mol. The fourth-order valence-electron chi connectivity index (χ4n) is 5.44. The van der Waals surface area contributed by atoms with Gasteiger partial charge in [0.1, 0.15) is 42.5 Å². The SMILES string of the molecule is CCOCCOc1cc(C)c(-c2cccc(COC3=CCC4C(=C3)O[C@H]3[C@H](C(=O)O)[C@@H]43)c2)c(C)c1. The van der Waals surface area contributed by atoms with Crippen LogP contribution < -0.4 is 4.74 Å². The van der Waals surface area contributed by atoms with Gasteiger partial charge in [0.05, 0.1) is 6.61 Å². The first-order chi connectivity index (χ1) is 17.0. The molecule has 2 aromatic carbocycles. The highest BCUT2D eigenvalue weighted by Gasteiger charge is 2.66. The number of allylic oxidation sites excluding steroid dienone is 3. The van der Waals surface area contributed by atoms with Crippen LogP contribution in [0.1, 0.15) is 30.0 Å². The normalized spacial score (nSPS) is 24.0. The lowest BCUT2D eigenvalue weighted by atomic mass is 9.92. The number of ether oxygens (including phenoxy) is 4. The van der Waals surface area contributed by atoms with Crippen LogP contribution in [-0.4, -0.2) is 37.0 Å². The van der Waals surface area contributed by atoms with Gasteiger partial charge in [0, 0.05) is 24.5 Å². The van der Waals surface area contributed by atoms with Gasteiger partial charge in [0.15, 0.2) is 0 Å². The molecule has 1 unspecified atom stereocenters. The molecule has 2 fully saturated rings. The summed E-state index contributed by atoms with van der Waals surface area (Å²) in [7, 11) is 0. The number of carboxylic acid groups (broad SMARTS) is 1. The summed E-state index contributed by atoms with van der Waals surface area (Å²) >= 11 is 0. The highest BCUT2D eigenvalue weighted by molar-refractivity contribution is 5.76. The average molecular weight is 477 g/mol. The van der Waals surface area contributed by atoms with Gasteiger partial charge in [-0.3, -0.25) is 4.79 Å². The lowest BCUT2D eigenvalue weighted by Crippen LogP contribution is -2.15. The Morgan fingerprint density at radius 3 is 2.66 bits per heavy atom. The third kappa shape index (κ3) is 4.80. The molecule has 35 heavy (non-hydrogen) atoms. The summed E-state index contributed by atoms with van der Waals surface area (Å²) in [5.74, 6) is 1.71. The number of hydrogen-bond donors (Lipinski definition) is 1. The smallest absolute Gasteiger partial charge is 0.310 e. The zero-order chi connectivity index (χ0) is 24.5. The van der Waals surface area contributed by atoms with Gasteiger partial charge in [-0.05, 0) is 79.3 Å². The molecule has 2 aliphatic carbocycles.